The van der Waals surface area contributed by atoms with Crippen LogP contribution in [0.25, 0.3) is 0 Å². The topological polar surface area (TPSA) is 122 Å². The molecule has 0 bridgehead atoms. The van der Waals surface area contributed by atoms with Crippen molar-refractivity contribution in [2.75, 3.05) is 4.90 Å². The van der Waals surface area contributed by atoms with Gasteiger partial charge in [-0.1, -0.05) is 0 Å². The smallest absolute Gasteiger partial charge is 0.416 e. The first-order chi connectivity index (χ1) is 13.2. The SMILES string of the molecule is Cc1c(N(C(=N)NC(=O)c2ccc(C(F)(F)F)cc2)C(C)(C)C)n[nH]c1C(=O)O. The van der Waals surface area contributed by atoms with E-state index in [-0.39, 0.29) is 22.6 Å². The van der Waals surface area contributed by atoms with Crippen LogP contribution in [0.5, 0.6) is 0 Å². The summed E-state index contributed by atoms with van der Waals surface area (Å²) in [6, 6.07) is 3.57. The molecule has 0 aliphatic carbocycles. The van der Waals surface area contributed by atoms with E-state index in [1.807, 2.05) is 0 Å². The summed E-state index contributed by atoms with van der Waals surface area (Å²) in [5, 5.41) is 26.1. The highest BCUT2D eigenvalue weighted by molar-refractivity contribution is 6.10. The molecule has 1 aromatic carbocycles. The van der Waals surface area contributed by atoms with Crippen LogP contribution in [0, 0.1) is 12.3 Å². The molecule has 0 fully saturated rings. The molecular weight excluding hydrogens is 391 g/mol. The third-order valence-electron chi connectivity index (χ3n) is 4.01. The lowest BCUT2D eigenvalue weighted by molar-refractivity contribution is -0.137. The minimum absolute atomic E-state index is 0.0680. The van der Waals surface area contributed by atoms with E-state index in [4.69, 9.17) is 5.41 Å². The number of carbonyl (C=O) groups excluding carboxylic acids is 1. The lowest BCUT2D eigenvalue weighted by Crippen LogP contribution is -2.53. The number of aromatic amines is 1. The number of amides is 1. The van der Waals surface area contributed by atoms with E-state index in [0.29, 0.717) is 0 Å². The molecular formula is C18H20F3N5O3. The summed E-state index contributed by atoms with van der Waals surface area (Å²) in [4.78, 5) is 25.0. The fraction of sp³-hybridized carbons (Fsp3) is 0.333. The first-order valence-electron chi connectivity index (χ1n) is 8.39. The molecule has 11 heteroatoms. The quantitative estimate of drug-likeness (QED) is 0.455. The molecule has 1 amide bonds. The zero-order valence-corrected chi connectivity index (χ0v) is 16.1. The van der Waals surface area contributed by atoms with Gasteiger partial charge in [-0.2, -0.15) is 18.3 Å². The fourth-order valence-electron chi connectivity index (χ4n) is 2.62. The number of rotatable bonds is 3. The van der Waals surface area contributed by atoms with Gasteiger partial charge in [0.1, 0.15) is 5.69 Å². The summed E-state index contributed by atoms with van der Waals surface area (Å²) < 4.78 is 38.0. The van der Waals surface area contributed by atoms with Gasteiger partial charge in [-0.25, -0.2) is 4.79 Å². The third-order valence-corrected chi connectivity index (χ3v) is 4.01. The van der Waals surface area contributed by atoms with Crippen LogP contribution in [0.3, 0.4) is 0 Å². The molecule has 1 aromatic heterocycles. The second kappa shape index (κ2) is 7.57. The molecule has 0 aliphatic rings. The molecule has 2 rings (SSSR count). The molecule has 4 N–H and O–H groups in total. The van der Waals surface area contributed by atoms with E-state index in [2.05, 4.69) is 15.5 Å². The maximum absolute atomic E-state index is 12.7. The Morgan fingerprint density at radius 3 is 2.14 bits per heavy atom. The molecule has 0 saturated carbocycles. The van der Waals surface area contributed by atoms with Crippen molar-refractivity contribution >= 4 is 23.7 Å². The summed E-state index contributed by atoms with van der Waals surface area (Å²) in [5.74, 6) is -2.29. The fourth-order valence-corrected chi connectivity index (χ4v) is 2.62. The first-order valence-corrected chi connectivity index (χ1v) is 8.39. The van der Waals surface area contributed by atoms with Crippen molar-refractivity contribution in [1.82, 2.24) is 15.5 Å². The number of alkyl halides is 3. The zero-order valence-electron chi connectivity index (χ0n) is 16.1. The molecule has 29 heavy (non-hydrogen) atoms. The van der Waals surface area contributed by atoms with Gasteiger partial charge in [0.05, 0.1) is 5.56 Å². The predicted molar refractivity (Wildman–Crippen MR) is 99.2 cm³/mol. The molecule has 0 atom stereocenters. The number of benzene rings is 1. The number of nitrogens with one attached hydrogen (secondary N) is 3. The van der Waals surface area contributed by atoms with Gasteiger partial charge in [0.25, 0.3) is 5.91 Å². The van der Waals surface area contributed by atoms with Crippen molar-refractivity contribution in [2.45, 2.75) is 39.4 Å². The summed E-state index contributed by atoms with van der Waals surface area (Å²) in [6.07, 6.45) is -4.52. The normalized spacial score (nSPS) is 11.8. The zero-order chi connectivity index (χ0) is 22.1. The van der Waals surface area contributed by atoms with Gasteiger partial charge < -0.3 is 5.11 Å². The number of carboxylic acid groups (broad SMARTS) is 1. The number of nitrogens with zero attached hydrogens (tertiary/aromatic N) is 2. The van der Waals surface area contributed by atoms with Crippen LogP contribution in [0.1, 0.15) is 52.7 Å². The molecule has 0 radical (unpaired) electrons. The number of guanidine groups is 1. The predicted octanol–water partition coefficient (Wildman–Crippen LogP) is 3.40. The summed E-state index contributed by atoms with van der Waals surface area (Å²) in [5.41, 5.74) is -1.63. The van der Waals surface area contributed by atoms with Crippen LogP contribution in [-0.2, 0) is 6.18 Å². The van der Waals surface area contributed by atoms with Crippen molar-refractivity contribution in [3.63, 3.8) is 0 Å². The number of H-pyrrole nitrogens is 1. The Labute approximate surface area is 164 Å². The lowest BCUT2D eigenvalue weighted by Gasteiger charge is -2.36. The van der Waals surface area contributed by atoms with Crippen molar-refractivity contribution < 1.29 is 27.9 Å². The number of carboxylic acids is 1. The van der Waals surface area contributed by atoms with Gasteiger partial charge in [0, 0.05) is 16.7 Å². The highest BCUT2D eigenvalue weighted by Crippen LogP contribution is 2.29. The van der Waals surface area contributed by atoms with Crippen molar-refractivity contribution in [3.8, 4) is 0 Å². The maximum Gasteiger partial charge on any atom is 0.416 e. The molecule has 1 heterocycles. The minimum atomic E-state index is -4.52. The van der Waals surface area contributed by atoms with Crippen molar-refractivity contribution in [3.05, 3.63) is 46.6 Å². The molecule has 0 spiro atoms. The van der Waals surface area contributed by atoms with Crippen LogP contribution in [0.4, 0.5) is 19.0 Å². The summed E-state index contributed by atoms with van der Waals surface area (Å²) in [7, 11) is 0. The van der Waals surface area contributed by atoms with Gasteiger partial charge in [-0.3, -0.25) is 25.5 Å². The van der Waals surface area contributed by atoms with Gasteiger partial charge in [0.2, 0.25) is 5.96 Å². The number of carbonyl (C=O) groups is 2. The van der Waals surface area contributed by atoms with Gasteiger partial charge in [-0.05, 0) is 52.0 Å². The van der Waals surface area contributed by atoms with Gasteiger partial charge in [0.15, 0.2) is 5.82 Å². The summed E-state index contributed by atoms with van der Waals surface area (Å²) in [6.45, 7) is 6.67. The van der Waals surface area contributed by atoms with E-state index in [0.717, 1.165) is 24.3 Å². The number of aromatic nitrogens is 2. The van der Waals surface area contributed by atoms with Crippen molar-refractivity contribution in [1.29, 1.82) is 5.41 Å². The van der Waals surface area contributed by atoms with Crippen LogP contribution in [0.2, 0.25) is 0 Å². The molecule has 8 nitrogen and oxygen atoms in total. The van der Waals surface area contributed by atoms with Gasteiger partial charge >= 0.3 is 12.1 Å². The molecule has 0 unspecified atom stereocenters. The highest BCUT2D eigenvalue weighted by atomic mass is 19.4. The van der Waals surface area contributed by atoms with E-state index in [9.17, 15) is 27.9 Å². The maximum atomic E-state index is 12.7. The minimum Gasteiger partial charge on any atom is -0.477 e. The van der Waals surface area contributed by atoms with Crippen LogP contribution in [-0.4, -0.2) is 38.7 Å². The Morgan fingerprint density at radius 2 is 1.72 bits per heavy atom. The van der Waals surface area contributed by atoms with Crippen molar-refractivity contribution in [2.24, 2.45) is 0 Å². The Kier molecular flexibility index (Phi) is 5.72. The first kappa shape index (κ1) is 21.9. The standard InChI is InChI=1S/C18H20F3N5O3/c1-9-12(15(28)29)24-25-13(9)26(17(2,3)4)16(22)23-14(27)10-5-7-11(8-6-10)18(19,20)21/h5-8H,1-4H3,(H,24,25)(H,28,29)(H2,22,23,27). The Morgan fingerprint density at radius 1 is 1.17 bits per heavy atom. The Balaban J connectivity index is 2.29. The highest BCUT2D eigenvalue weighted by Gasteiger charge is 2.33. The second-order valence-corrected chi connectivity index (χ2v) is 7.24. The van der Waals surface area contributed by atoms with Crippen LogP contribution in [0.15, 0.2) is 24.3 Å². The van der Waals surface area contributed by atoms with Crippen LogP contribution >= 0.6 is 0 Å². The Hall–Kier alpha value is -3.37. The van der Waals surface area contributed by atoms with E-state index in [1.165, 1.54) is 11.8 Å². The average molecular weight is 411 g/mol. The lowest BCUT2D eigenvalue weighted by atomic mass is 10.1. The Bertz CT molecular complexity index is 943. The van der Waals surface area contributed by atoms with Crippen LogP contribution < -0.4 is 10.2 Å². The number of aromatic carboxylic acids is 1. The number of anilines is 1. The molecule has 0 aliphatic heterocycles. The van der Waals surface area contributed by atoms with Gasteiger partial charge in [-0.15, -0.1) is 0 Å². The number of halogens is 3. The van der Waals surface area contributed by atoms with E-state index >= 15 is 0 Å². The average Bonchev–Trinajstić information content (AvgIpc) is 2.94. The second-order valence-electron chi connectivity index (χ2n) is 7.24. The van der Waals surface area contributed by atoms with E-state index in [1.54, 1.807) is 20.8 Å². The largest absolute Gasteiger partial charge is 0.477 e. The third kappa shape index (κ3) is 4.73. The molecule has 0 saturated heterocycles. The number of hydrogen-bond donors (Lipinski definition) is 4. The monoisotopic (exact) mass is 411 g/mol. The number of hydrogen-bond acceptors (Lipinski definition) is 4. The molecule has 156 valence electrons. The molecule has 2 aromatic rings. The van der Waals surface area contributed by atoms with E-state index < -0.39 is 35.1 Å². The summed E-state index contributed by atoms with van der Waals surface area (Å²) >= 11 is 0.